The molecule has 1 aliphatic heterocycles. The smallest absolute Gasteiger partial charge is 0.324 e. The van der Waals surface area contributed by atoms with Gasteiger partial charge in [-0.05, 0) is 23.3 Å². The number of methoxy groups -OCH3 is 1. The minimum atomic E-state index is -1.44. The van der Waals surface area contributed by atoms with Crippen LogP contribution in [0.5, 0.6) is 11.5 Å². The van der Waals surface area contributed by atoms with E-state index in [-0.39, 0.29) is 17.3 Å². The Morgan fingerprint density at radius 2 is 1.74 bits per heavy atom. The number of nitrogens with zero attached hydrogens (tertiary/aromatic N) is 2. The fourth-order valence-corrected chi connectivity index (χ4v) is 4.43. The number of cyclic esters (lactones) is 2. The van der Waals surface area contributed by atoms with Crippen LogP contribution in [0, 0.1) is 25.0 Å². The Kier molecular flexibility index (Phi) is 6.19. The fraction of sp³-hybridized carbons (Fsp3) is 0.346. The monoisotopic (exact) mass is 480 g/mol. The van der Waals surface area contributed by atoms with E-state index in [2.05, 4.69) is 0 Å². The molecule has 2 aromatic carbocycles. The van der Waals surface area contributed by atoms with Crippen LogP contribution in [0.2, 0.25) is 0 Å². The van der Waals surface area contributed by atoms with Crippen LogP contribution in [-0.4, -0.2) is 34.5 Å². The maximum absolute atomic E-state index is 13.5. The van der Waals surface area contributed by atoms with E-state index in [1.165, 1.54) is 33.1 Å². The number of rotatable bonds is 6. The molecule has 9 heteroatoms. The molecule has 35 heavy (non-hydrogen) atoms. The number of aromatic hydroxyl groups is 1. The number of phenols is 1. The highest BCUT2D eigenvalue weighted by molar-refractivity contribution is 5.98. The summed E-state index contributed by atoms with van der Waals surface area (Å²) in [6.07, 6.45) is 0. The van der Waals surface area contributed by atoms with Crippen molar-refractivity contribution in [3.63, 3.8) is 0 Å². The molecule has 1 atom stereocenters. The number of hydrogen-bond donors (Lipinski definition) is 1. The number of carbonyl (C=O) groups is 2. The van der Waals surface area contributed by atoms with E-state index in [0.29, 0.717) is 23.5 Å². The molecular formula is C26H28N2O7. The molecule has 184 valence electrons. The van der Waals surface area contributed by atoms with Gasteiger partial charge in [-0.1, -0.05) is 36.4 Å². The number of benzene rings is 2. The minimum Gasteiger partial charge on any atom is -0.711 e. The predicted octanol–water partition coefficient (Wildman–Crippen LogP) is 3.09. The average molecular weight is 481 g/mol. The van der Waals surface area contributed by atoms with Crippen LogP contribution in [0.25, 0.3) is 0 Å². The van der Waals surface area contributed by atoms with Crippen LogP contribution in [-0.2, 0) is 25.6 Å². The van der Waals surface area contributed by atoms with Gasteiger partial charge >= 0.3 is 11.9 Å². The Balaban J connectivity index is 1.95. The van der Waals surface area contributed by atoms with E-state index in [4.69, 9.17) is 14.2 Å². The highest BCUT2D eigenvalue weighted by Gasteiger charge is 2.52. The molecule has 0 radical (unpaired) electrons. The minimum absolute atomic E-state index is 0.119. The number of imidazole rings is 1. The van der Waals surface area contributed by atoms with Crippen LogP contribution in [0.4, 0.5) is 0 Å². The molecule has 0 saturated carbocycles. The zero-order valence-corrected chi connectivity index (χ0v) is 20.3. The van der Waals surface area contributed by atoms with Crippen molar-refractivity contribution in [2.45, 2.75) is 45.9 Å². The highest BCUT2D eigenvalue weighted by atomic mass is 16.7. The van der Waals surface area contributed by atoms with E-state index < -0.39 is 29.6 Å². The molecule has 4 rings (SSSR count). The summed E-state index contributed by atoms with van der Waals surface area (Å²) in [5, 5.41) is 23.7. The second kappa shape index (κ2) is 8.98. The summed E-state index contributed by atoms with van der Waals surface area (Å²) in [5.41, 5.74) is 2.47. The number of ether oxygens (including phenoxy) is 3. The molecule has 1 aliphatic rings. The molecular weight excluding hydrogens is 452 g/mol. The first-order valence-corrected chi connectivity index (χ1v) is 11.2. The van der Waals surface area contributed by atoms with Crippen molar-refractivity contribution in [3.8, 4) is 11.5 Å². The first kappa shape index (κ1) is 24.1. The van der Waals surface area contributed by atoms with E-state index in [9.17, 15) is 19.9 Å². The maximum Gasteiger partial charge on any atom is 0.324 e. The van der Waals surface area contributed by atoms with Crippen molar-refractivity contribution in [2.75, 3.05) is 7.11 Å². The molecule has 0 spiro atoms. The van der Waals surface area contributed by atoms with Crippen LogP contribution in [0.3, 0.4) is 0 Å². The van der Waals surface area contributed by atoms with Crippen LogP contribution < -0.4 is 9.47 Å². The third-order valence-electron chi connectivity index (χ3n) is 6.28. The quantitative estimate of drug-likeness (QED) is 0.250. The zero-order valence-electron chi connectivity index (χ0n) is 20.3. The fourth-order valence-electron chi connectivity index (χ4n) is 4.43. The van der Waals surface area contributed by atoms with Gasteiger partial charge in [-0.3, -0.25) is 9.59 Å². The van der Waals surface area contributed by atoms with E-state index in [1.54, 1.807) is 17.6 Å². The zero-order chi connectivity index (χ0) is 25.5. The van der Waals surface area contributed by atoms with Crippen molar-refractivity contribution in [2.24, 2.45) is 5.92 Å². The van der Waals surface area contributed by atoms with Gasteiger partial charge in [0.25, 0.3) is 11.6 Å². The molecule has 2 heterocycles. The van der Waals surface area contributed by atoms with Gasteiger partial charge < -0.3 is 24.5 Å². The van der Waals surface area contributed by atoms with Crippen LogP contribution in [0.1, 0.15) is 48.1 Å². The van der Waals surface area contributed by atoms with E-state index in [1.807, 2.05) is 37.3 Å². The van der Waals surface area contributed by atoms with Crippen molar-refractivity contribution in [3.05, 3.63) is 82.1 Å². The van der Waals surface area contributed by atoms with Gasteiger partial charge in [0.15, 0.2) is 17.4 Å². The number of hydrogen-bond acceptors (Lipinski definition) is 7. The second-order valence-electron chi connectivity index (χ2n) is 9.02. The molecule has 0 amide bonds. The van der Waals surface area contributed by atoms with Crippen molar-refractivity contribution in [1.82, 2.24) is 4.57 Å². The van der Waals surface area contributed by atoms with Crippen LogP contribution in [0.15, 0.2) is 48.5 Å². The lowest BCUT2D eigenvalue weighted by Gasteiger charge is -2.35. The Morgan fingerprint density at radius 1 is 1.11 bits per heavy atom. The van der Waals surface area contributed by atoms with Gasteiger partial charge in [-0.25, -0.2) is 9.30 Å². The lowest BCUT2D eigenvalue weighted by Crippen LogP contribution is -2.50. The average Bonchev–Trinajstić information content (AvgIpc) is 3.00. The summed E-state index contributed by atoms with van der Waals surface area (Å²) >= 11 is 0. The summed E-state index contributed by atoms with van der Waals surface area (Å²) in [6, 6.07) is 14.0. The largest absolute Gasteiger partial charge is 0.711 e. The van der Waals surface area contributed by atoms with Gasteiger partial charge in [-0.2, -0.15) is 0 Å². The molecule has 1 saturated heterocycles. The van der Waals surface area contributed by atoms with Gasteiger partial charge in [0.2, 0.25) is 0 Å². The standard InChI is InChI=1S/C26H28N2O7/c1-15-16(2)28(32)23(27(15)14-17-9-7-6-8-10-17)21(18-11-12-19(29)20(13-18)33-5)22-24(30)34-26(3,4)35-25(22)31/h6-13,21-22,29H,14H2,1-5H3/t21-/m1/s1. The Bertz CT molecular complexity index is 1260. The lowest BCUT2D eigenvalue weighted by molar-refractivity contribution is -0.621. The summed E-state index contributed by atoms with van der Waals surface area (Å²) in [6.45, 7) is 6.77. The second-order valence-corrected chi connectivity index (χ2v) is 9.02. The third-order valence-corrected chi connectivity index (χ3v) is 6.28. The summed E-state index contributed by atoms with van der Waals surface area (Å²) in [5.74, 6) is -5.35. The first-order valence-electron chi connectivity index (χ1n) is 11.2. The molecule has 0 bridgehead atoms. The highest BCUT2D eigenvalue weighted by Crippen LogP contribution is 2.40. The molecule has 1 fully saturated rings. The molecule has 0 aliphatic carbocycles. The van der Waals surface area contributed by atoms with Gasteiger partial charge in [0.1, 0.15) is 23.9 Å². The number of aromatic nitrogens is 2. The molecule has 0 unspecified atom stereocenters. The Morgan fingerprint density at radius 3 is 2.34 bits per heavy atom. The van der Waals surface area contributed by atoms with Crippen molar-refractivity contribution in [1.29, 1.82) is 0 Å². The number of carbonyl (C=O) groups excluding carboxylic acids is 2. The molecule has 3 aromatic rings. The Labute approximate surface area is 203 Å². The van der Waals surface area contributed by atoms with E-state index in [0.717, 1.165) is 10.3 Å². The Hall–Kier alpha value is -4.01. The van der Waals surface area contributed by atoms with Crippen molar-refractivity contribution < 1.29 is 33.6 Å². The summed E-state index contributed by atoms with van der Waals surface area (Å²) in [7, 11) is 1.39. The lowest BCUT2D eigenvalue weighted by atomic mass is 9.84. The SMILES string of the molecule is COc1cc([C@@H](c2n(Cc3ccccc3)c(C)c(C)[n+]2[O-])C2C(=O)OC(C)(C)OC2=O)ccc1O. The normalized spacial score (nSPS) is 16.5. The van der Waals surface area contributed by atoms with Gasteiger partial charge in [0.05, 0.1) is 7.11 Å². The van der Waals surface area contributed by atoms with Gasteiger partial charge in [-0.15, -0.1) is 0 Å². The molecule has 1 aromatic heterocycles. The first-order chi connectivity index (χ1) is 16.5. The summed E-state index contributed by atoms with van der Waals surface area (Å²) < 4.78 is 18.6. The van der Waals surface area contributed by atoms with Crippen LogP contribution >= 0.6 is 0 Å². The van der Waals surface area contributed by atoms with Crippen molar-refractivity contribution >= 4 is 11.9 Å². The number of phenolic OH excluding ortho intramolecular Hbond substituents is 1. The topological polar surface area (TPSA) is 114 Å². The maximum atomic E-state index is 13.5. The third kappa shape index (κ3) is 4.41. The predicted molar refractivity (Wildman–Crippen MR) is 125 cm³/mol. The number of esters is 2. The van der Waals surface area contributed by atoms with E-state index >= 15 is 0 Å². The molecule has 9 nitrogen and oxygen atoms in total. The van der Waals surface area contributed by atoms with Gasteiger partial charge in [0, 0.05) is 27.7 Å². The summed E-state index contributed by atoms with van der Waals surface area (Å²) in [4.78, 5) is 26.4. The molecule has 1 N–H and O–H groups in total.